The van der Waals surface area contributed by atoms with Crippen LogP contribution in [0, 0.1) is 0 Å². The molecule has 3 rings (SSSR count). The topological polar surface area (TPSA) is 33.8 Å². The number of rotatable bonds is 4. The van der Waals surface area contributed by atoms with Crippen LogP contribution in [0.1, 0.15) is 10.4 Å². The summed E-state index contributed by atoms with van der Waals surface area (Å²) in [5, 5.41) is 0.626. The number of carbonyl (C=O) groups excluding carboxylic acids is 1. The van der Waals surface area contributed by atoms with Crippen molar-refractivity contribution in [3.05, 3.63) is 83.8 Å². The van der Waals surface area contributed by atoms with Gasteiger partial charge in [0.1, 0.15) is 0 Å². The third kappa shape index (κ3) is 3.21. The van der Waals surface area contributed by atoms with Gasteiger partial charge in [-0.25, -0.2) is 0 Å². The van der Waals surface area contributed by atoms with Crippen LogP contribution in [-0.4, -0.2) is 10.8 Å². The van der Waals surface area contributed by atoms with Crippen LogP contribution in [0.3, 0.4) is 0 Å². The lowest BCUT2D eigenvalue weighted by atomic mass is 10.1. The summed E-state index contributed by atoms with van der Waals surface area (Å²) in [4.78, 5) is 16.5. The van der Waals surface area contributed by atoms with E-state index >= 15 is 0 Å². The molecule has 0 amide bonds. The maximum absolute atomic E-state index is 12.4. The van der Waals surface area contributed by atoms with Crippen molar-refractivity contribution in [3.8, 4) is 11.3 Å². The second kappa shape index (κ2) is 6.50. The van der Waals surface area contributed by atoms with E-state index in [9.17, 15) is 4.79 Å². The van der Waals surface area contributed by atoms with E-state index in [-0.39, 0.29) is 12.3 Å². The van der Waals surface area contributed by atoms with Crippen molar-refractivity contribution in [2.24, 2.45) is 0 Å². The number of nitrogens with zero attached hydrogens (tertiary/aromatic N) is 2. The Hall–Kier alpha value is -2.52. The molecule has 0 spiro atoms. The van der Waals surface area contributed by atoms with Crippen LogP contribution in [0.25, 0.3) is 11.3 Å². The van der Waals surface area contributed by atoms with Gasteiger partial charge in [-0.3, -0.25) is 9.78 Å². The Labute approximate surface area is 133 Å². The number of hydrogen-bond donors (Lipinski definition) is 0. The average Bonchev–Trinajstić information content (AvgIpc) is 2.57. The molecule has 0 aliphatic rings. The van der Waals surface area contributed by atoms with Crippen LogP contribution in [0.15, 0.2) is 73.2 Å². The van der Waals surface area contributed by atoms with E-state index in [0.29, 0.717) is 10.6 Å². The fourth-order valence-electron chi connectivity index (χ4n) is 2.28. The molecule has 2 aromatic heterocycles. The van der Waals surface area contributed by atoms with E-state index in [2.05, 4.69) is 4.98 Å². The van der Waals surface area contributed by atoms with Gasteiger partial charge in [-0.05, 0) is 42.5 Å². The van der Waals surface area contributed by atoms with E-state index in [4.69, 9.17) is 11.6 Å². The minimum atomic E-state index is 0.0446. The number of Topliss-reactive ketones (excluding diaryl/α,β-unsaturated/α-hetero) is 1. The number of pyridine rings is 2. The first-order valence-electron chi connectivity index (χ1n) is 6.92. The van der Waals surface area contributed by atoms with Crippen molar-refractivity contribution in [3.63, 3.8) is 0 Å². The number of carbonyl (C=O) groups is 1. The van der Waals surface area contributed by atoms with Crippen molar-refractivity contribution in [2.75, 3.05) is 0 Å². The molecule has 1 aromatic carbocycles. The van der Waals surface area contributed by atoms with Crippen LogP contribution >= 0.6 is 11.6 Å². The van der Waals surface area contributed by atoms with Crippen LogP contribution < -0.4 is 4.57 Å². The first-order valence-corrected chi connectivity index (χ1v) is 7.29. The van der Waals surface area contributed by atoms with Crippen molar-refractivity contribution >= 4 is 17.4 Å². The fourth-order valence-corrected chi connectivity index (χ4v) is 2.41. The summed E-state index contributed by atoms with van der Waals surface area (Å²) in [6.45, 7) is 0.278. The van der Waals surface area contributed by atoms with Gasteiger partial charge in [0.2, 0.25) is 18.0 Å². The Morgan fingerprint density at radius 2 is 1.73 bits per heavy atom. The van der Waals surface area contributed by atoms with Gasteiger partial charge >= 0.3 is 0 Å². The SMILES string of the molecule is O=C(C[n+]1ccccc1-c1ccncc1)c1ccc(Cl)cc1. The molecule has 0 bridgehead atoms. The van der Waals surface area contributed by atoms with E-state index in [1.165, 1.54) is 0 Å². The van der Waals surface area contributed by atoms with Crippen molar-refractivity contribution in [2.45, 2.75) is 6.54 Å². The van der Waals surface area contributed by atoms with E-state index in [1.807, 2.05) is 41.1 Å². The Bertz CT molecular complexity index is 786. The molecule has 0 fully saturated rings. The Balaban J connectivity index is 1.90. The Kier molecular flexibility index (Phi) is 4.26. The third-order valence-electron chi connectivity index (χ3n) is 3.40. The van der Waals surface area contributed by atoms with E-state index in [0.717, 1.165) is 11.3 Å². The second-order valence-corrected chi connectivity index (χ2v) is 5.32. The monoisotopic (exact) mass is 309 g/mol. The molecule has 0 N–H and O–H groups in total. The van der Waals surface area contributed by atoms with E-state index in [1.54, 1.807) is 36.7 Å². The molecule has 0 aliphatic heterocycles. The lowest BCUT2D eigenvalue weighted by molar-refractivity contribution is -0.672. The van der Waals surface area contributed by atoms with Gasteiger partial charge < -0.3 is 0 Å². The molecule has 108 valence electrons. The zero-order valence-electron chi connectivity index (χ0n) is 11.8. The molecule has 22 heavy (non-hydrogen) atoms. The number of halogens is 1. The van der Waals surface area contributed by atoms with Crippen LogP contribution in [0.2, 0.25) is 5.02 Å². The van der Waals surface area contributed by atoms with Gasteiger partial charge in [-0.15, -0.1) is 0 Å². The van der Waals surface area contributed by atoms with Crippen molar-refractivity contribution in [1.82, 2.24) is 4.98 Å². The summed E-state index contributed by atoms with van der Waals surface area (Å²) in [6.07, 6.45) is 5.39. The number of aromatic nitrogens is 2. The summed E-state index contributed by atoms with van der Waals surface area (Å²) in [6, 6.07) is 16.7. The summed E-state index contributed by atoms with van der Waals surface area (Å²) in [7, 11) is 0. The van der Waals surface area contributed by atoms with Gasteiger partial charge in [0.15, 0.2) is 6.20 Å². The molecule has 0 atom stereocenters. The number of ketones is 1. The maximum atomic E-state index is 12.4. The minimum Gasteiger partial charge on any atom is -0.287 e. The third-order valence-corrected chi connectivity index (χ3v) is 3.65. The van der Waals surface area contributed by atoms with E-state index < -0.39 is 0 Å². The highest BCUT2D eigenvalue weighted by Crippen LogP contribution is 2.14. The summed E-state index contributed by atoms with van der Waals surface area (Å²) in [5.74, 6) is 0.0446. The largest absolute Gasteiger partial charge is 0.287 e. The molecule has 3 aromatic rings. The molecule has 0 aliphatic carbocycles. The molecule has 2 heterocycles. The highest BCUT2D eigenvalue weighted by atomic mass is 35.5. The lowest BCUT2D eigenvalue weighted by Crippen LogP contribution is -2.39. The summed E-state index contributed by atoms with van der Waals surface area (Å²) < 4.78 is 1.94. The fraction of sp³-hybridized carbons (Fsp3) is 0.0556. The molecular formula is C18H14ClN2O+. The van der Waals surface area contributed by atoms with Crippen LogP contribution in [0.4, 0.5) is 0 Å². The van der Waals surface area contributed by atoms with Crippen molar-refractivity contribution < 1.29 is 9.36 Å². The zero-order valence-corrected chi connectivity index (χ0v) is 12.6. The Morgan fingerprint density at radius 1 is 1.00 bits per heavy atom. The highest BCUT2D eigenvalue weighted by molar-refractivity contribution is 6.30. The zero-order chi connectivity index (χ0) is 15.4. The van der Waals surface area contributed by atoms with Gasteiger partial charge in [-0.2, -0.15) is 4.57 Å². The normalized spacial score (nSPS) is 10.4. The molecule has 0 saturated carbocycles. The first-order chi connectivity index (χ1) is 10.7. The van der Waals surface area contributed by atoms with Crippen LogP contribution in [-0.2, 0) is 6.54 Å². The van der Waals surface area contributed by atoms with Gasteiger partial charge in [-0.1, -0.05) is 11.6 Å². The minimum absolute atomic E-state index is 0.0446. The quantitative estimate of drug-likeness (QED) is 0.545. The standard InChI is InChI=1S/C18H14ClN2O/c19-16-6-4-15(5-7-16)18(22)13-21-12-2-1-3-17(21)14-8-10-20-11-9-14/h1-12H,13H2/q+1. The smallest absolute Gasteiger partial charge is 0.227 e. The first kappa shape index (κ1) is 14.4. The van der Waals surface area contributed by atoms with Gasteiger partial charge in [0.25, 0.3) is 0 Å². The maximum Gasteiger partial charge on any atom is 0.227 e. The van der Waals surface area contributed by atoms with Crippen molar-refractivity contribution in [1.29, 1.82) is 0 Å². The molecule has 0 unspecified atom stereocenters. The molecule has 3 nitrogen and oxygen atoms in total. The molecule has 0 saturated heterocycles. The summed E-state index contributed by atoms with van der Waals surface area (Å²) >= 11 is 5.86. The highest BCUT2D eigenvalue weighted by Gasteiger charge is 2.17. The lowest BCUT2D eigenvalue weighted by Gasteiger charge is -2.04. The second-order valence-electron chi connectivity index (χ2n) is 4.88. The Morgan fingerprint density at radius 3 is 2.45 bits per heavy atom. The van der Waals surface area contributed by atoms with Crippen LogP contribution in [0.5, 0.6) is 0 Å². The number of benzene rings is 1. The number of hydrogen-bond acceptors (Lipinski definition) is 2. The molecule has 0 radical (unpaired) electrons. The predicted octanol–water partition coefficient (Wildman–Crippen LogP) is 3.57. The van der Waals surface area contributed by atoms with Gasteiger partial charge in [0, 0.05) is 40.7 Å². The molecular weight excluding hydrogens is 296 g/mol. The predicted molar refractivity (Wildman–Crippen MR) is 85.7 cm³/mol. The summed E-state index contributed by atoms with van der Waals surface area (Å²) in [5.41, 5.74) is 2.66. The van der Waals surface area contributed by atoms with Gasteiger partial charge in [0.05, 0.1) is 0 Å². The molecule has 4 heteroatoms. The average molecular weight is 310 g/mol.